The van der Waals surface area contributed by atoms with Crippen LogP contribution >= 0.6 is 11.8 Å². The highest BCUT2D eigenvalue weighted by Gasteiger charge is 2.20. The van der Waals surface area contributed by atoms with Gasteiger partial charge in [0.2, 0.25) is 5.91 Å². The molecule has 0 saturated heterocycles. The fourth-order valence-corrected chi connectivity index (χ4v) is 2.02. The molecule has 0 aliphatic heterocycles. The van der Waals surface area contributed by atoms with Crippen molar-refractivity contribution in [2.24, 2.45) is 0 Å². The molecule has 0 saturated carbocycles. The number of benzene rings is 1. The van der Waals surface area contributed by atoms with E-state index in [0.717, 1.165) is 0 Å². The molecule has 21 heavy (non-hydrogen) atoms. The number of carbonyl (C=O) groups is 3. The molecule has 1 aromatic carbocycles. The van der Waals surface area contributed by atoms with Crippen LogP contribution in [0.1, 0.15) is 6.92 Å². The second kappa shape index (κ2) is 8.15. The molecule has 0 radical (unpaired) electrons. The number of carboxylic acids is 1. The van der Waals surface area contributed by atoms with E-state index in [2.05, 4.69) is 5.32 Å². The Balaban J connectivity index is 2.48. The summed E-state index contributed by atoms with van der Waals surface area (Å²) in [7, 11) is 1.52. The van der Waals surface area contributed by atoms with Gasteiger partial charge in [-0.25, -0.2) is 9.59 Å². The van der Waals surface area contributed by atoms with E-state index in [1.54, 1.807) is 24.3 Å². The van der Waals surface area contributed by atoms with Crippen molar-refractivity contribution < 1.29 is 29.0 Å². The molecule has 7 nitrogen and oxygen atoms in total. The standard InChI is InChI=1S/C13H15NO6S/c1-8(15)14-11(12(16)17)7-21-13(18)20-10-5-3-9(19-2)4-6-10/h3-6,11H,7H2,1-2H3,(H,14,15)(H,16,17). The molecular weight excluding hydrogens is 298 g/mol. The van der Waals surface area contributed by atoms with E-state index >= 15 is 0 Å². The molecule has 1 atom stereocenters. The van der Waals surface area contributed by atoms with Crippen LogP contribution in [0.15, 0.2) is 24.3 Å². The molecule has 8 heteroatoms. The number of carbonyl (C=O) groups excluding carboxylic acids is 2. The van der Waals surface area contributed by atoms with Crippen LogP contribution < -0.4 is 14.8 Å². The predicted octanol–water partition coefficient (Wildman–Crippen LogP) is 1.52. The molecule has 1 aromatic rings. The summed E-state index contributed by atoms with van der Waals surface area (Å²) in [5.74, 6) is -0.871. The Kier molecular flexibility index (Phi) is 6.54. The fraction of sp³-hybridized carbons (Fsp3) is 0.308. The summed E-state index contributed by atoms with van der Waals surface area (Å²) in [4.78, 5) is 33.3. The maximum absolute atomic E-state index is 11.6. The van der Waals surface area contributed by atoms with Crippen LogP contribution in [0, 0.1) is 0 Å². The van der Waals surface area contributed by atoms with Crippen molar-refractivity contribution >= 4 is 28.9 Å². The zero-order valence-electron chi connectivity index (χ0n) is 11.5. The first-order chi connectivity index (χ1) is 9.92. The summed E-state index contributed by atoms with van der Waals surface area (Å²) in [6, 6.07) is 5.23. The third-order valence-corrected chi connectivity index (χ3v) is 3.12. The van der Waals surface area contributed by atoms with Gasteiger partial charge in [0.1, 0.15) is 17.5 Å². The summed E-state index contributed by atoms with van der Waals surface area (Å²) in [5.41, 5.74) is 0. The Morgan fingerprint density at radius 2 is 1.81 bits per heavy atom. The molecule has 0 aliphatic rings. The van der Waals surface area contributed by atoms with E-state index in [4.69, 9.17) is 14.6 Å². The van der Waals surface area contributed by atoms with Gasteiger partial charge in [-0.3, -0.25) is 4.79 Å². The zero-order valence-corrected chi connectivity index (χ0v) is 12.3. The number of thioether (sulfide) groups is 1. The molecule has 114 valence electrons. The number of aliphatic carboxylic acids is 1. The Labute approximate surface area is 125 Å². The summed E-state index contributed by atoms with van der Waals surface area (Å²) >= 11 is 0.672. The maximum Gasteiger partial charge on any atom is 0.372 e. The third kappa shape index (κ3) is 6.17. The summed E-state index contributed by atoms with van der Waals surface area (Å²) in [6.45, 7) is 1.20. The maximum atomic E-state index is 11.6. The van der Waals surface area contributed by atoms with Gasteiger partial charge in [0.15, 0.2) is 0 Å². The second-order valence-electron chi connectivity index (χ2n) is 3.93. The first kappa shape index (κ1) is 16.8. The normalized spacial score (nSPS) is 11.3. The van der Waals surface area contributed by atoms with Crippen molar-refractivity contribution in [1.29, 1.82) is 0 Å². The molecule has 0 spiro atoms. The van der Waals surface area contributed by atoms with E-state index in [1.165, 1.54) is 14.0 Å². The monoisotopic (exact) mass is 313 g/mol. The van der Waals surface area contributed by atoms with Gasteiger partial charge in [0.25, 0.3) is 0 Å². The van der Waals surface area contributed by atoms with Gasteiger partial charge < -0.3 is 19.9 Å². The van der Waals surface area contributed by atoms with Crippen LogP contribution in [0.2, 0.25) is 0 Å². The lowest BCUT2D eigenvalue weighted by Gasteiger charge is -2.12. The van der Waals surface area contributed by atoms with Gasteiger partial charge in [0, 0.05) is 12.7 Å². The average molecular weight is 313 g/mol. The van der Waals surface area contributed by atoms with Crippen LogP contribution in [0.25, 0.3) is 0 Å². The summed E-state index contributed by atoms with van der Waals surface area (Å²) in [6.07, 6.45) is 0. The Bertz CT molecular complexity index is 516. The molecule has 1 unspecified atom stereocenters. The molecule has 2 N–H and O–H groups in total. The van der Waals surface area contributed by atoms with Gasteiger partial charge >= 0.3 is 11.3 Å². The minimum atomic E-state index is -1.21. The lowest BCUT2D eigenvalue weighted by Crippen LogP contribution is -2.41. The number of nitrogens with one attached hydrogen (secondary N) is 1. The summed E-state index contributed by atoms with van der Waals surface area (Å²) in [5, 5.41) is 10.5. The quantitative estimate of drug-likeness (QED) is 0.768. The molecule has 1 amide bonds. The molecule has 0 fully saturated rings. The smallest absolute Gasteiger partial charge is 0.372 e. The van der Waals surface area contributed by atoms with Crippen LogP contribution in [-0.2, 0) is 9.59 Å². The van der Waals surface area contributed by atoms with Crippen LogP contribution in [-0.4, -0.2) is 41.2 Å². The highest BCUT2D eigenvalue weighted by Crippen LogP contribution is 2.19. The zero-order chi connectivity index (χ0) is 15.8. The molecule has 0 heterocycles. The minimum Gasteiger partial charge on any atom is -0.497 e. The Morgan fingerprint density at radius 1 is 1.24 bits per heavy atom. The van der Waals surface area contributed by atoms with Gasteiger partial charge in [0.05, 0.1) is 7.11 Å². The van der Waals surface area contributed by atoms with E-state index < -0.39 is 23.2 Å². The summed E-state index contributed by atoms with van der Waals surface area (Å²) < 4.78 is 9.98. The number of methoxy groups -OCH3 is 1. The van der Waals surface area contributed by atoms with Crippen molar-refractivity contribution in [3.05, 3.63) is 24.3 Å². The number of ether oxygens (including phenoxy) is 2. The Hall–Kier alpha value is -2.22. The number of carboxylic acid groups (broad SMARTS) is 1. The number of rotatable bonds is 6. The molecular formula is C13H15NO6S. The highest BCUT2D eigenvalue weighted by atomic mass is 32.2. The van der Waals surface area contributed by atoms with Gasteiger partial charge in [-0.1, -0.05) is 0 Å². The van der Waals surface area contributed by atoms with Crippen molar-refractivity contribution in [1.82, 2.24) is 5.32 Å². The lowest BCUT2D eigenvalue weighted by atomic mass is 10.3. The van der Waals surface area contributed by atoms with Crippen molar-refractivity contribution in [2.45, 2.75) is 13.0 Å². The van der Waals surface area contributed by atoms with E-state index in [9.17, 15) is 14.4 Å². The highest BCUT2D eigenvalue weighted by molar-refractivity contribution is 8.13. The largest absolute Gasteiger partial charge is 0.497 e. The van der Waals surface area contributed by atoms with Gasteiger partial charge in [-0.15, -0.1) is 0 Å². The molecule has 1 rings (SSSR count). The third-order valence-electron chi connectivity index (χ3n) is 2.30. The number of hydrogen-bond acceptors (Lipinski definition) is 6. The van der Waals surface area contributed by atoms with Crippen LogP contribution in [0.3, 0.4) is 0 Å². The number of amides is 1. The van der Waals surface area contributed by atoms with Crippen molar-refractivity contribution in [2.75, 3.05) is 12.9 Å². The van der Waals surface area contributed by atoms with Crippen LogP contribution in [0.4, 0.5) is 4.79 Å². The van der Waals surface area contributed by atoms with Gasteiger partial charge in [-0.2, -0.15) is 0 Å². The van der Waals surface area contributed by atoms with E-state index in [1.807, 2.05) is 0 Å². The average Bonchev–Trinajstić information content (AvgIpc) is 2.43. The predicted molar refractivity (Wildman–Crippen MR) is 76.7 cm³/mol. The van der Waals surface area contributed by atoms with E-state index in [-0.39, 0.29) is 5.75 Å². The fourth-order valence-electron chi connectivity index (χ4n) is 1.34. The minimum absolute atomic E-state index is 0.121. The topological polar surface area (TPSA) is 102 Å². The van der Waals surface area contributed by atoms with E-state index in [0.29, 0.717) is 23.3 Å². The lowest BCUT2D eigenvalue weighted by molar-refractivity contribution is -0.140. The SMILES string of the molecule is COc1ccc(OC(=O)SCC(NC(C)=O)C(=O)O)cc1. The van der Waals surface area contributed by atoms with Crippen molar-refractivity contribution in [3.8, 4) is 11.5 Å². The Morgan fingerprint density at radius 3 is 2.29 bits per heavy atom. The first-order valence-electron chi connectivity index (χ1n) is 5.91. The molecule has 0 bridgehead atoms. The second-order valence-corrected chi connectivity index (χ2v) is 4.89. The van der Waals surface area contributed by atoms with Crippen LogP contribution in [0.5, 0.6) is 11.5 Å². The molecule has 0 aromatic heterocycles. The number of hydrogen-bond donors (Lipinski definition) is 2. The first-order valence-corrected chi connectivity index (χ1v) is 6.89. The molecule has 0 aliphatic carbocycles. The van der Waals surface area contributed by atoms with Crippen molar-refractivity contribution in [3.63, 3.8) is 0 Å². The van der Waals surface area contributed by atoms with Gasteiger partial charge in [-0.05, 0) is 36.0 Å².